The lowest BCUT2D eigenvalue weighted by molar-refractivity contribution is 0.310. The topological polar surface area (TPSA) is 111 Å². The van der Waals surface area contributed by atoms with E-state index >= 15 is 4.39 Å². The van der Waals surface area contributed by atoms with E-state index < -0.39 is 17.6 Å². The summed E-state index contributed by atoms with van der Waals surface area (Å²) in [5.74, 6) is -0.779. The summed E-state index contributed by atoms with van der Waals surface area (Å²) in [7, 11) is 2.05. The van der Waals surface area contributed by atoms with Crippen LogP contribution in [0.4, 0.5) is 26.4 Å². The van der Waals surface area contributed by atoms with Crippen LogP contribution in [0.15, 0.2) is 24.3 Å². The van der Waals surface area contributed by atoms with Crippen molar-refractivity contribution in [2.75, 3.05) is 43.4 Å². The molecular formula is C23H25F2N9O. The monoisotopic (exact) mass is 481 g/mol. The van der Waals surface area contributed by atoms with Crippen molar-refractivity contribution in [3.8, 4) is 11.8 Å². The number of hydrogen-bond acceptors (Lipinski definition) is 8. The Morgan fingerprint density at radius 3 is 2.63 bits per heavy atom. The van der Waals surface area contributed by atoms with Crippen molar-refractivity contribution in [3.05, 3.63) is 47.4 Å². The lowest BCUT2D eigenvalue weighted by Crippen LogP contribution is -2.45. The minimum atomic E-state index is -0.857. The van der Waals surface area contributed by atoms with Gasteiger partial charge in [0.15, 0.2) is 11.6 Å². The molecule has 5 heterocycles. The second-order valence-electron chi connectivity index (χ2n) is 8.38. The molecular weight excluding hydrogens is 456 g/mol. The summed E-state index contributed by atoms with van der Waals surface area (Å²) in [6.45, 7) is 6.72. The van der Waals surface area contributed by atoms with Gasteiger partial charge in [-0.15, -0.1) is 0 Å². The predicted octanol–water partition coefficient (Wildman–Crippen LogP) is 3.98. The number of halogens is 2. The quantitative estimate of drug-likeness (QED) is 0.355. The number of ether oxygens (including phenoxy) is 1. The molecule has 1 aliphatic rings. The molecule has 4 aromatic heterocycles. The molecule has 3 N–H and O–H groups in total. The summed E-state index contributed by atoms with van der Waals surface area (Å²) in [5, 5.41) is 10.3. The molecule has 0 spiro atoms. The third kappa shape index (κ3) is 4.78. The summed E-state index contributed by atoms with van der Waals surface area (Å²) >= 11 is 0. The Balaban J connectivity index is 1.50. The van der Waals surface area contributed by atoms with Crippen LogP contribution in [0.1, 0.15) is 18.3 Å². The van der Waals surface area contributed by atoms with Crippen LogP contribution < -0.4 is 15.0 Å². The van der Waals surface area contributed by atoms with E-state index in [-0.39, 0.29) is 16.8 Å². The van der Waals surface area contributed by atoms with Crippen LogP contribution >= 0.6 is 0 Å². The van der Waals surface area contributed by atoms with E-state index in [1.165, 1.54) is 12.1 Å². The van der Waals surface area contributed by atoms with Gasteiger partial charge >= 0.3 is 0 Å². The largest absolute Gasteiger partial charge is 0.417 e. The molecule has 1 saturated heterocycles. The number of pyridine rings is 1. The fourth-order valence-electron chi connectivity index (χ4n) is 3.87. The second-order valence-corrected chi connectivity index (χ2v) is 8.38. The Kier molecular flexibility index (Phi) is 6.03. The summed E-state index contributed by atoms with van der Waals surface area (Å²) in [6, 6.07) is 4.82. The predicted molar refractivity (Wildman–Crippen MR) is 129 cm³/mol. The Morgan fingerprint density at radius 2 is 1.86 bits per heavy atom. The fraction of sp³-hybridized carbons (Fsp3) is 0.304. The van der Waals surface area contributed by atoms with Gasteiger partial charge in [0.2, 0.25) is 17.8 Å². The molecule has 0 radical (unpaired) electrons. The summed E-state index contributed by atoms with van der Waals surface area (Å²) in [5.41, 5.74) is 1.42. The third-order valence-corrected chi connectivity index (χ3v) is 5.66. The number of aryl methyl sites for hydroxylation is 1. The van der Waals surface area contributed by atoms with Gasteiger partial charge < -0.3 is 24.8 Å². The van der Waals surface area contributed by atoms with Crippen LogP contribution in [-0.4, -0.2) is 68.3 Å². The average molecular weight is 482 g/mol. The van der Waals surface area contributed by atoms with E-state index in [1.54, 1.807) is 6.92 Å². The Morgan fingerprint density at radius 1 is 1.06 bits per heavy atom. The number of H-pyrrole nitrogens is 2. The van der Waals surface area contributed by atoms with E-state index in [0.717, 1.165) is 18.8 Å². The van der Waals surface area contributed by atoms with Crippen molar-refractivity contribution in [1.29, 1.82) is 0 Å². The lowest BCUT2D eigenvalue weighted by Gasteiger charge is -2.32. The van der Waals surface area contributed by atoms with Crippen LogP contribution in [0, 0.1) is 18.7 Å². The fourth-order valence-corrected chi connectivity index (χ4v) is 3.87. The molecule has 10 nitrogen and oxygen atoms in total. The van der Waals surface area contributed by atoms with Crippen molar-refractivity contribution in [1.82, 2.24) is 35.0 Å². The average Bonchev–Trinajstić information content (AvgIpc) is 3.44. The first-order chi connectivity index (χ1) is 16.9. The summed E-state index contributed by atoms with van der Waals surface area (Å²) in [6.07, 6.45) is 3.77. The van der Waals surface area contributed by atoms with Crippen LogP contribution in [0.25, 0.3) is 17.0 Å². The Hall–Kier alpha value is -4.06. The normalized spacial score (nSPS) is 14.8. The van der Waals surface area contributed by atoms with E-state index in [9.17, 15) is 4.39 Å². The standard InChI is InChI=1S/C23H25F2N9O/c1-4-5-14-11-17(32-31-14)27-16-12-18(29-23(28-16)34-8-6-33(3)7-9-34)35-22-19(24)15-10-13(2)26-20(15)21(25)30-22/h4-5,10-12,26H,6-9H2,1-3H3,(H2,27,28,29,31,32)/b5-4+. The van der Waals surface area contributed by atoms with E-state index in [0.29, 0.717) is 36.4 Å². The highest BCUT2D eigenvalue weighted by Crippen LogP contribution is 2.31. The van der Waals surface area contributed by atoms with Crippen LogP contribution in [0.2, 0.25) is 0 Å². The number of rotatable bonds is 6. The number of anilines is 3. The highest BCUT2D eigenvalue weighted by molar-refractivity contribution is 5.82. The number of nitrogens with zero attached hydrogens (tertiary/aromatic N) is 6. The van der Waals surface area contributed by atoms with E-state index in [1.807, 2.05) is 37.1 Å². The van der Waals surface area contributed by atoms with E-state index in [4.69, 9.17) is 4.74 Å². The van der Waals surface area contributed by atoms with Crippen molar-refractivity contribution in [3.63, 3.8) is 0 Å². The van der Waals surface area contributed by atoms with Gasteiger partial charge in [-0.25, -0.2) is 4.39 Å². The number of aromatic amines is 2. The van der Waals surface area contributed by atoms with Gasteiger partial charge in [0, 0.05) is 49.4 Å². The number of hydrogen-bond donors (Lipinski definition) is 3. The molecule has 0 bridgehead atoms. The highest BCUT2D eigenvalue weighted by Gasteiger charge is 2.22. The van der Waals surface area contributed by atoms with Gasteiger partial charge in [0.25, 0.3) is 5.88 Å². The molecule has 5 rings (SSSR count). The van der Waals surface area contributed by atoms with Gasteiger partial charge in [-0.3, -0.25) is 5.10 Å². The molecule has 0 aromatic carbocycles. The van der Waals surface area contributed by atoms with Gasteiger partial charge in [0.1, 0.15) is 11.3 Å². The van der Waals surface area contributed by atoms with Crippen molar-refractivity contribution in [2.24, 2.45) is 0 Å². The van der Waals surface area contributed by atoms with Gasteiger partial charge in [-0.1, -0.05) is 6.08 Å². The number of likely N-dealkylation sites (N-methyl/N-ethyl adjacent to an activating group) is 1. The minimum absolute atomic E-state index is 0.00835. The van der Waals surface area contributed by atoms with Crippen LogP contribution in [0.5, 0.6) is 11.8 Å². The number of nitrogens with one attached hydrogen (secondary N) is 3. The maximum Gasteiger partial charge on any atom is 0.260 e. The first kappa shape index (κ1) is 22.7. The van der Waals surface area contributed by atoms with Gasteiger partial charge in [-0.05, 0) is 33.0 Å². The molecule has 12 heteroatoms. The summed E-state index contributed by atoms with van der Waals surface area (Å²) < 4.78 is 35.3. The van der Waals surface area contributed by atoms with Crippen LogP contribution in [-0.2, 0) is 0 Å². The zero-order chi connectivity index (χ0) is 24.5. The molecule has 35 heavy (non-hydrogen) atoms. The molecule has 0 amide bonds. The molecule has 182 valence electrons. The van der Waals surface area contributed by atoms with Gasteiger partial charge in [-0.2, -0.15) is 24.4 Å². The zero-order valence-electron chi connectivity index (χ0n) is 19.6. The molecule has 0 atom stereocenters. The zero-order valence-corrected chi connectivity index (χ0v) is 19.6. The smallest absolute Gasteiger partial charge is 0.260 e. The number of piperazine rings is 1. The minimum Gasteiger partial charge on any atom is -0.417 e. The van der Waals surface area contributed by atoms with Gasteiger partial charge in [0.05, 0.1) is 5.69 Å². The number of fused-ring (bicyclic) bond motifs is 1. The Labute approximate surface area is 200 Å². The first-order valence-corrected chi connectivity index (χ1v) is 11.2. The van der Waals surface area contributed by atoms with Crippen molar-refractivity contribution < 1.29 is 13.5 Å². The maximum atomic E-state index is 15.1. The molecule has 1 aliphatic heterocycles. The van der Waals surface area contributed by atoms with E-state index in [2.05, 4.69) is 40.3 Å². The molecule has 0 unspecified atom stereocenters. The van der Waals surface area contributed by atoms with Crippen molar-refractivity contribution in [2.45, 2.75) is 13.8 Å². The summed E-state index contributed by atoms with van der Waals surface area (Å²) in [4.78, 5) is 19.7. The second kappa shape index (κ2) is 9.29. The van der Waals surface area contributed by atoms with Crippen molar-refractivity contribution >= 4 is 34.6 Å². The SMILES string of the molecule is C/C=C/c1cc(Nc2cc(Oc3nc(F)c4[nH]c(C)cc4c3F)nc(N3CCN(C)CC3)n2)n[nH]1. The number of allylic oxidation sites excluding steroid dienone is 1. The molecule has 1 fully saturated rings. The first-order valence-electron chi connectivity index (χ1n) is 11.2. The number of aromatic nitrogens is 6. The highest BCUT2D eigenvalue weighted by atomic mass is 19.1. The molecule has 0 saturated carbocycles. The maximum absolute atomic E-state index is 15.1. The molecule has 0 aliphatic carbocycles. The Bertz CT molecular complexity index is 1390. The third-order valence-electron chi connectivity index (χ3n) is 5.66. The molecule has 4 aromatic rings. The lowest BCUT2D eigenvalue weighted by atomic mass is 10.3. The van der Waals surface area contributed by atoms with Crippen LogP contribution in [0.3, 0.4) is 0 Å².